The van der Waals surface area contributed by atoms with Crippen LogP contribution in [0.25, 0.3) is 33.8 Å². The van der Waals surface area contributed by atoms with Crippen molar-refractivity contribution in [2.75, 3.05) is 0 Å². The third-order valence-corrected chi connectivity index (χ3v) is 5.99. The average Bonchev–Trinajstić information content (AvgIpc) is 3.48. The molecule has 6 aromatic rings. The number of aryl methyl sites for hydroxylation is 1. The van der Waals surface area contributed by atoms with E-state index in [1.165, 1.54) is 17.0 Å². The summed E-state index contributed by atoms with van der Waals surface area (Å²) in [5.41, 5.74) is 9.75. The molecule has 4 heterocycles. The molecule has 0 saturated carbocycles. The highest BCUT2D eigenvalue weighted by Crippen LogP contribution is 2.25. The van der Waals surface area contributed by atoms with E-state index < -0.39 is 0 Å². The molecule has 0 radical (unpaired) electrons. The van der Waals surface area contributed by atoms with E-state index in [4.69, 9.17) is 9.97 Å². The summed E-state index contributed by atoms with van der Waals surface area (Å²) in [4.78, 5) is 9.86. The van der Waals surface area contributed by atoms with Gasteiger partial charge in [0.1, 0.15) is 11.3 Å². The maximum Gasteiger partial charge on any atom is 0.141 e. The molecular formula is C28H22N4. The molecule has 0 N–H and O–H groups in total. The van der Waals surface area contributed by atoms with Crippen LogP contribution in [0.1, 0.15) is 17.0 Å². The van der Waals surface area contributed by atoms with Crippen molar-refractivity contribution in [3.63, 3.8) is 0 Å². The van der Waals surface area contributed by atoms with Crippen molar-refractivity contribution < 1.29 is 0 Å². The number of rotatable bonds is 4. The SMILES string of the molecule is Cc1ccc(Cc2cccc3nc(-c4ccccc4)cn23)c2nc(-c3ccccc3)cn12. The number of fused-ring (bicyclic) bond motifs is 2. The predicted molar refractivity (Wildman–Crippen MR) is 129 cm³/mol. The average molecular weight is 415 g/mol. The Hall–Kier alpha value is -4.18. The zero-order chi connectivity index (χ0) is 21.5. The first kappa shape index (κ1) is 18.6. The first-order valence-electron chi connectivity index (χ1n) is 10.8. The first-order chi connectivity index (χ1) is 15.8. The quantitative estimate of drug-likeness (QED) is 0.343. The van der Waals surface area contributed by atoms with E-state index in [-0.39, 0.29) is 0 Å². The van der Waals surface area contributed by atoms with Crippen molar-refractivity contribution in [1.29, 1.82) is 0 Å². The van der Waals surface area contributed by atoms with Crippen LogP contribution in [0.4, 0.5) is 0 Å². The number of pyridine rings is 2. The maximum atomic E-state index is 5.01. The van der Waals surface area contributed by atoms with Crippen LogP contribution in [-0.4, -0.2) is 18.8 Å². The van der Waals surface area contributed by atoms with Gasteiger partial charge in [-0.2, -0.15) is 0 Å². The lowest BCUT2D eigenvalue weighted by Crippen LogP contribution is -2.01. The van der Waals surface area contributed by atoms with Crippen LogP contribution in [-0.2, 0) is 6.42 Å². The molecule has 4 aromatic heterocycles. The summed E-state index contributed by atoms with van der Waals surface area (Å²) in [5, 5.41) is 0. The minimum absolute atomic E-state index is 0.775. The van der Waals surface area contributed by atoms with E-state index in [1.807, 2.05) is 24.3 Å². The Morgan fingerprint density at radius 1 is 0.625 bits per heavy atom. The molecule has 0 atom stereocenters. The molecule has 0 aliphatic rings. The summed E-state index contributed by atoms with van der Waals surface area (Å²) in [6.07, 6.45) is 5.04. The van der Waals surface area contributed by atoms with Crippen LogP contribution in [0.3, 0.4) is 0 Å². The third kappa shape index (κ3) is 3.17. The van der Waals surface area contributed by atoms with Gasteiger partial charge in [-0.3, -0.25) is 0 Å². The Balaban J connectivity index is 1.45. The molecule has 0 amide bonds. The molecule has 2 aromatic carbocycles. The number of hydrogen-bond donors (Lipinski definition) is 0. The van der Waals surface area contributed by atoms with E-state index in [0.717, 1.165) is 40.2 Å². The molecule has 0 unspecified atom stereocenters. The summed E-state index contributed by atoms with van der Waals surface area (Å²) >= 11 is 0. The van der Waals surface area contributed by atoms with Crippen LogP contribution < -0.4 is 0 Å². The first-order valence-corrected chi connectivity index (χ1v) is 10.8. The fourth-order valence-corrected chi connectivity index (χ4v) is 4.29. The molecule has 6 rings (SSSR count). The van der Waals surface area contributed by atoms with Crippen LogP contribution in [0.2, 0.25) is 0 Å². The van der Waals surface area contributed by atoms with Crippen molar-refractivity contribution in [3.05, 3.63) is 120 Å². The fourth-order valence-electron chi connectivity index (χ4n) is 4.29. The summed E-state index contributed by atoms with van der Waals surface area (Å²) in [6, 6.07) is 31.3. The Kier molecular flexibility index (Phi) is 4.36. The minimum atomic E-state index is 0.775. The molecule has 32 heavy (non-hydrogen) atoms. The molecule has 4 nitrogen and oxygen atoms in total. The van der Waals surface area contributed by atoms with Gasteiger partial charge in [-0.05, 0) is 25.1 Å². The van der Waals surface area contributed by atoms with Gasteiger partial charge in [0, 0.05) is 46.9 Å². The number of imidazole rings is 2. The molecule has 0 saturated heterocycles. The van der Waals surface area contributed by atoms with Gasteiger partial charge < -0.3 is 8.80 Å². The molecule has 0 bridgehead atoms. The number of aromatic nitrogens is 4. The normalized spacial score (nSPS) is 11.4. The second-order valence-electron chi connectivity index (χ2n) is 8.10. The molecule has 0 fully saturated rings. The van der Waals surface area contributed by atoms with Gasteiger partial charge in [0.2, 0.25) is 0 Å². The number of nitrogens with zero attached hydrogens (tertiary/aromatic N) is 4. The summed E-state index contributed by atoms with van der Waals surface area (Å²) in [7, 11) is 0. The second-order valence-corrected chi connectivity index (χ2v) is 8.10. The lowest BCUT2D eigenvalue weighted by molar-refractivity contribution is 0.990. The van der Waals surface area contributed by atoms with Crippen molar-refractivity contribution in [3.8, 4) is 22.5 Å². The van der Waals surface area contributed by atoms with Gasteiger partial charge in [0.25, 0.3) is 0 Å². The molecular weight excluding hydrogens is 392 g/mol. The highest BCUT2D eigenvalue weighted by Gasteiger charge is 2.13. The molecule has 0 aliphatic carbocycles. The predicted octanol–water partition coefficient (Wildman–Crippen LogP) is 6.22. The monoisotopic (exact) mass is 414 g/mol. The third-order valence-electron chi connectivity index (χ3n) is 5.99. The zero-order valence-electron chi connectivity index (χ0n) is 17.8. The molecule has 0 aliphatic heterocycles. The van der Waals surface area contributed by atoms with E-state index in [1.54, 1.807) is 0 Å². The fraction of sp³-hybridized carbons (Fsp3) is 0.0714. The van der Waals surface area contributed by atoms with Gasteiger partial charge in [0.05, 0.1) is 11.4 Å². The van der Waals surface area contributed by atoms with Gasteiger partial charge in [0.15, 0.2) is 0 Å². The van der Waals surface area contributed by atoms with Gasteiger partial charge in [-0.15, -0.1) is 0 Å². The van der Waals surface area contributed by atoms with E-state index >= 15 is 0 Å². The smallest absolute Gasteiger partial charge is 0.141 e. The summed E-state index contributed by atoms with van der Waals surface area (Å²) in [6.45, 7) is 2.12. The maximum absolute atomic E-state index is 5.01. The largest absolute Gasteiger partial charge is 0.303 e. The standard InChI is InChI=1S/C28H22N4/c1-20-15-16-23(28-30-26(18-31(20)28)22-11-6-3-7-12-22)17-24-13-8-14-27-29-25(19-32(24)27)21-9-4-2-5-10-21/h2-16,18-19H,17H2,1H3. The molecule has 4 heteroatoms. The Bertz CT molecular complexity index is 1540. The summed E-state index contributed by atoms with van der Waals surface area (Å²) < 4.78 is 4.39. The van der Waals surface area contributed by atoms with E-state index in [2.05, 4.69) is 94.8 Å². The minimum Gasteiger partial charge on any atom is -0.303 e. The second kappa shape index (κ2) is 7.50. The van der Waals surface area contributed by atoms with Crippen LogP contribution in [0.5, 0.6) is 0 Å². The Morgan fingerprint density at radius 3 is 2.00 bits per heavy atom. The lowest BCUT2D eigenvalue weighted by atomic mass is 10.1. The Labute approximate surface area is 186 Å². The van der Waals surface area contributed by atoms with Crippen LogP contribution in [0.15, 0.2) is 103 Å². The van der Waals surface area contributed by atoms with Crippen molar-refractivity contribution in [2.24, 2.45) is 0 Å². The molecule has 0 spiro atoms. The summed E-state index contributed by atoms with van der Waals surface area (Å²) in [5.74, 6) is 0. The van der Waals surface area contributed by atoms with Gasteiger partial charge in [-0.1, -0.05) is 72.8 Å². The number of hydrogen-bond acceptors (Lipinski definition) is 2. The lowest BCUT2D eigenvalue weighted by Gasteiger charge is -2.08. The molecule has 154 valence electrons. The Morgan fingerprint density at radius 2 is 1.28 bits per heavy atom. The highest BCUT2D eigenvalue weighted by atomic mass is 15.0. The van der Waals surface area contributed by atoms with E-state index in [9.17, 15) is 0 Å². The van der Waals surface area contributed by atoms with Gasteiger partial charge >= 0.3 is 0 Å². The van der Waals surface area contributed by atoms with E-state index in [0.29, 0.717) is 0 Å². The van der Waals surface area contributed by atoms with Gasteiger partial charge in [-0.25, -0.2) is 9.97 Å². The van der Waals surface area contributed by atoms with Crippen molar-refractivity contribution in [2.45, 2.75) is 13.3 Å². The van der Waals surface area contributed by atoms with Crippen molar-refractivity contribution >= 4 is 11.3 Å². The topological polar surface area (TPSA) is 34.6 Å². The van der Waals surface area contributed by atoms with Crippen molar-refractivity contribution in [1.82, 2.24) is 18.8 Å². The van der Waals surface area contributed by atoms with Crippen LogP contribution >= 0.6 is 0 Å². The zero-order valence-corrected chi connectivity index (χ0v) is 17.8. The number of benzene rings is 2. The highest BCUT2D eigenvalue weighted by molar-refractivity contribution is 5.66. The van der Waals surface area contributed by atoms with Crippen LogP contribution in [0, 0.1) is 6.92 Å².